The summed E-state index contributed by atoms with van der Waals surface area (Å²) in [6.07, 6.45) is 0. The molecule has 1 heteroatoms. The van der Waals surface area contributed by atoms with Crippen LogP contribution in [0.15, 0.2) is 98.1 Å². The summed E-state index contributed by atoms with van der Waals surface area (Å²) in [5, 5.41) is 0. The van der Waals surface area contributed by atoms with Crippen molar-refractivity contribution in [3.63, 3.8) is 0 Å². The molecule has 0 fully saturated rings. The molecule has 3 aromatic rings. The fourth-order valence-corrected chi connectivity index (χ4v) is 2.30. The van der Waals surface area contributed by atoms with Crippen LogP contribution in [0.4, 0.5) is 17.1 Å². The second kappa shape index (κ2) is 10.8. The third kappa shape index (κ3) is 5.13. The highest BCUT2D eigenvalue weighted by molar-refractivity contribution is 5.76. The normalized spacial score (nSPS) is 8.96. The van der Waals surface area contributed by atoms with Gasteiger partial charge in [-0.15, -0.1) is 13.2 Å². The van der Waals surface area contributed by atoms with E-state index in [1.807, 2.05) is 26.0 Å². The number of nitrogens with zero attached hydrogens (tertiary/aromatic N) is 1. The molecule has 0 bridgehead atoms. The van der Waals surface area contributed by atoms with E-state index in [4.69, 9.17) is 0 Å². The van der Waals surface area contributed by atoms with E-state index in [9.17, 15) is 0 Å². The minimum atomic E-state index is 1.17. The van der Waals surface area contributed by atoms with E-state index in [2.05, 4.69) is 97.8 Å². The second-order valence-electron chi connectivity index (χ2n) is 4.84. The van der Waals surface area contributed by atoms with E-state index in [1.54, 1.807) is 0 Å². The van der Waals surface area contributed by atoms with Crippen molar-refractivity contribution in [3.8, 4) is 0 Å². The van der Waals surface area contributed by atoms with Gasteiger partial charge in [-0.05, 0) is 43.3 Å². The first-order valence-electron chi connectivity index (χ1n) is 8.31. The van der Waals surface area contributed by atoms with Gasteiger partial charge in [0.25, 0.3) is 0 Å². The minimum Gasteiger partial charge on any atom is -0.311 e. The summed E-state index contributed by atoms with van der Waals surface area (Å²) in [5.74, 6) is 0. The molecule has 0 aromatic heterocycles. The van der Waals surface area contributed by atoms with Gasteiger partial charge >= 0.3 is 0 Å². The van der Waals surface area contributed by atoms with E-state index in [0.717, 1.165) is 0 Å². The molecule has 124 valence electrons. The molecule has 24 heavy (non-hydrogen) atoms. The van der Waals surface area contributed by atoms with E-state index >= 15 is 0 Å². The SMILES string of the molecule is C=C.CC.Cc1ccc(N(c2ccccc2)c2ccccc2)cc1. The van der Waals surface area contributed by atoms with E-state index < -0.39 is 0 Å². The van der Waals surface area contributed by atoms with Gasteiger partial charge in [-0.2, -0.15) is 0 Å². The molecular weight excluding hydrogens is 290 g/mol. The van der Waals surface area contributed by atoms with Crippen molar-refractivity contribution in [1.29, 1.82) is 0 Å². The lowest BCUT2D eigenvalue weighted by Gasteiger charge is -2.25. The van der Waals surface area contributed by atoms with Crippen LogP contribution in [0.25, 0.3) is 0 Å². The maximum Gasteiger partial charge on any atom is 0.0461 e. The Bertz CT molecular complexity index is 633. The van der Waals surface area contributed by atoms with Crippen LogP contribution in [-0.4, -0.2) is 0 Å². The third-order valence-electron chi connectivity index (χ3n) is 3.32. The second-order valence-corrected chi connectivity index (χ2v) is 4.84. The first-order chi connectivity index (χ1) is 11.8. The van der Waals surface area contributed by atoms with Crippen molar-refractivity contribution >= 4 is 17.1 Å². The van der Waals surface area contributed by atoms with Gasteiger partial charge in [0.2, 0.25) is 0 Å². The largest absolute Gasteiger partial charge is 0.311 e. The van der Waals surface area contributed by atoms with Gasteiger partial charge in [0.15, 0.2) is 0 Å². The molecule has 0 saturated carbocycles. The van der Waals surface area contributed by atoms with Crippen molar-refractivity contribution in [3.05, 3.63) is 104 Å². The smallest absolute Gasteiger partial charge is 0.0461 e. The monoisotopic (exact) mass is 317 g/mol. The van der Waals surface area contributed by atoms with Crippen molar-refractivity contribution in [2.75, 3.05) is 4.90 Å². The Morgan fingerprint density at radius 3 is 1.25 bits per heavy atom. The maximum atomic E-state index is 3.00. The highest BCUT2D eigenvalue weighted by Gasteiger charge is 2.10. The Balaban J connectivity index is 0.000000671. The summed E-state index contributed by atoms with van der Waals surface area (Å²) < 4.78 is 0. The van der Waals surface area contributed by atoms with E-state index in [0.29, 0.717) is 0 Å². The zero-order valence-electron chi connectivity index (χ0n) is 14.9. The molecule has 0 saturated heterocycles. The van der Waals surface area contributed by atoms with Gasteiger partial charge in [0.1, 0.15) is 0 Å². The van der Waals surface area contributed by atoms with Crippen LogP contribution in [0.2, 0.25) is 0 Å². The molecule has 0 aliphatic rings. The summed E-state index contributed by atoms with van der Waals surface area (Å²) in [6.45, 7) is 12.1. The lowest BCUT2D eigenvalue weighted by Crippen LogP contribution is -2.09. The number of rotatable bonds is 3. The molecule has 1 nitrogen and oxygen atoms in total. The molecular formula is C23H27N. The number of aryl methyl sites for hydroxylation is 1. The fourth-order valence-electron chi connectivity index (χ4n) is 2.30. The van der Waals surface area contributed by atoms with Crippen LogP contribution in [0, 0.1) is 6.92 Å². The molecule has 0 N–H and O–H groups in total. The summed E-state index contributed by atoms with van der Waals surface area (Å²) in [6, 6.07) is 29.5. The average molecular weight is 317 g/mol. The van der Waals surface area contributed by atoms with Gasteiger partial charge in [0.05, 0.1) is 0 Å². The number of para-hydroxylation sites is 2. The van der Waals surface area contributed by atoms with Gasteiger partial charge < -0.3 is 4.90 Å². The van der Waals surface area contributed by atoms with E-state index in [-0.39, 0.29) is 0 Å². The number of benzene rings is 3. The molecule has 0 aliphatic heterocycles. The molecule has 0 heterocycles. The molecule has 0 radical (unpaired) electrons. The van der Waals surface area contributed by atoms with Crippen molar-refractivity contribution in [2.24, 2.45) is 0 Å². The predicted octanol–water partition coefficient (Wildman–Crippen LogP) is 7.29. The minimum absolute atomic E-state index is 1.17. The van der Waals surface area contributed by atoms with Crippen molar-refractivity contribution < 1.29 is 0 Å². The molecule has 3 aromatic carbocycles. The number of anilines is 3. The van der Waals surface area contributed by atoms with Gasteiger partial charge in [-0.25, -0.2) is 0 Å². The summed E-state index contributed by atoms with van der Waals surface area (Å²) in [4.78, 5) is 2.26. The summed E-state index contributed by atoms with van der Waals surface area (Å²) >= 11 is 0. The Kier molecular flexibility index (Phi) is 8.70. The van der Waals surface area contributed by atoms with Crippen LogP contribution in [-0.2, 0) is 0 Å². The predicted molar refractivity (Wildman–Crippen MR) is 108 cm³/mol. The average Bonchev–Trinajstić information content (AvgIpc) is 2.69. The molecule has 0 aliphatic carbocycles. The Morgan fingerprint density at radius 1 is 0.542 bits per heavy atom. The Morgan fingerprint density at radius 2 is 0.875 bits per heavy atom. The zero-order chi connectivity index (χ0) is 17.8. The summed E-state index contributed by atoms with van der Waals surface area (Å²) in [5.41, 5.74) is 4.79. The molecule has 0 amide bonds. The Hall–Kier alpha value is -2.80. The molecule has 0 unspecified atom stereocenters. The van der Waals surface area contributed by atoms with Crippen LogP contribution >= 0.6 is 0 Å². The topological polar surface area (TPSA) is 3.24 Å². The highest BCUT2D eigenvalue weighted by Crippen LogP contribution is 2.33. The molecule has 0 spiro atoms. The third-order valence-corrected chi connectivity index (χ3v) is 3.32. The Labute approximate surface area is 146 Å². The van der Waals surface area contributed by atoms with E-state index in [1.165, 1.54) is 22.6 Å². The zero-order valence-corrected chi connectivity index (χ0v) is 14.9. The number of hydrogen-bond donors (Lipinski definition) is 0. The standard InChI is InChI=1S/C19H17N.C2H6.C2H4/c1-16-12-14-19(15-13-16)20(17-8-4-2-5-9-17)18-10-6-3-7-11-18;2*1-2/h2-15H,1H3;1-2H3;1-2H2. The maximum absolute atomic E-state index is 3.00. The van der Waals surface area contributed by atoms with Crippen LogP contribution in [0.3, 0.4) is 0 Å². The van der Waals surface area contributed by atoms with Crippen molar-refractivity contribution in [2.45, 2.75) is 20.8 Å². The molecule has 0 atom stereocenters. The first kappa shape index (κ1) is 19.2. The van der Waals surface area contributed by atoms with Gasteiger partial charge in [-0.1, -0.05) is 67.9 Å². The lowest BCUT2D eigenvalue weighted by molar-refractivity contribution is 1.27. The number of hydrogen-bond acceptors (Lipinski definition) is 1. The van der Waals surface area contributed by atoms with Crippen LogP contribution in [0.5, 0.6) is 0 Å². The van der Waals surface area contributed by atoms with Gasteiger partial charge in [-0.3, -0.25) is 0 Å². The first-order valence-corrected chi connectivity index (χ1v) is 8.31. The van der Waals surface area contributed by atoms with Crippen LogP contribution in [0.1, 0.15) is 19.4 Å². The summed E-state index contributed by atoms with van der Waals surface area (Å²) in [7, 11) is 0. The highest BCUT2D eigenvalue weighted by atomic mass is 15.1. The van der Waals surface area contributed by atoms with Gasteiger partial charge in [0, 0.05) is 17.1 Å². The quantitative estimate of drug-likeness (QED) is 0.458. The lowest BCUT2D eigenvalue weighted by atomic mass is 10.1. The fraction of sp³-hybridized carbons (Fsp3) is 0.130. The molecule has 3 rings (SSSR count). The van der Waals surface area contributed by atoms with Crippen LogP contribution < -0.4 is 4.90 Å². The van der Waals surface area contributed by atoms with Crippen molar-refractivity contribution in [1.82, 2.24) is 0 Å².